The maximum atomic E-state index is 6.53. The van der Waals surface area contributed by atoms with Crippen LogP contribution in [-0.2, 0) is 13.5 Å². The normalized spacial score (nSPS) is 29.8. The molecule has 17 heavy (non-hydrogen) atoms. The van der Waals surface area contributed by atoms with Gasteiger partial charge in [0, 0.05) is 31.4 Å². The molecule has 0 bridgehead atoms. The highest BCUT2D eigenvalue weighted by molar-refractivity contribution is 5.02. The van der Waals surface area contributed by atoms with Gasteiger partial charge in [-0.15, -0.1) is 0 Å². The van der Waals surface area contributed by atoms with Gasteiger partial charge in [-0.25, -0.2) is 4.98 Å². The molecule has 0 aliphatic heterocycles. The van der Waals surface area contributed by atoms with Crippen molar-refractivity contribution in [2.24, 2.45) is 24.6 Å². The maximum Gasteiger partial charge on any atom is 0.110 e. The number of nitrogens with two attached hydrogens (primary N) is 1. The Morgan fingerprint density at radius 3 is 2.59 bits per heavy atom. The maximum absolute atomic E-state index is 6.53. The molecule has 0 aromatic carbocycles. The van der Waals surface area contributed by atoms with Crippen molar-refractivity contribution in [2.45, 2.75) is 51.5 Å². The van der Waals surface area contributed by atoms with Gasteiger partial charge in [-0.3, -0.25) is 0 Å². The lowest BCUT2D eigenvalue weighted by Crippen LogP contribution is -2.46. The van der Waals surface area contributed by atoms with Crippen LogP contribution in [0.15, 0.2) is 12.4 Å². The average molecular weight is 235 g/mol. The average Bonchev–Trinajstić information content (AvgIpc) is 2.64. The number of aryl methyl sites for hydroxylation is 1. The highest BCUT2D eigenvalue weighted by Gasteiger charge is 2.33. The summed E-state index contributed by atoms with van der Waals surface area (Å²) < 4.78 is 2.09. The minimum absolute atomic E-state index is 0.0233. The molecular formula is C14H25N3. The Hall–Kier alpha value is -0.830. The zero-order valence-corrected chi connectivity index (χ0v) is 11.3. The summed E-state index contributed by atoms with van der Waals surface area (Å²) in [6.45, 7) is 4.65. The van der Waals surface area contributed by atoms with Gasteiger partial charge in [-0.05, 0) is 37.5 Å². The zero-order chi connectivity index (χ0) is 12.5. The molecule has 3 heteroatoms. The summed E-state index contributed by atoms with van der Waals surface area (Å²) in [5.74, 6) is 2.79. The molecule has 1 aliphatic rings. The Labute approximate surface area is 104 Å². The Morgan fingerprint density at radius 1 is 1.47 bits per heavy atom. The second kappa shape index (κ2) is 4.81. The molecule has 1 aliphatic carbocycles. The highest BCUT2D eigenvalue weighted by atomic mass is 15.0. The van der Waals surface area contributed by atoms with Crippen LogP contribution in [0.3, 0.4) is 0 Å². The van der Waals surface area contributed by atoms with Crippen molar-refractivity contribution in [3.63, 3.8) is 0 Å². The summed E-state index contributed by atoms with van der Waals surface area (Å²) in [6, 6.07) is 0. The van der Waals surface area contributed by atoms with Gasteiger partial charge in [-0.2, -0.15) is 0 Å². The van der Waals surface area contributed by atoms with E-state index in [2.05, 4.69) is 23.4 Å². The fourth-order valence-electron chi connectivity index (χ4n) is 2.94. The van der Waals surface area contributed by atoms with Gasteiger partial charge in [0.1, 0.15) is 5.82 Å². The molecule has 0 saturated heterocycles. The fourth-order valence-corrected chi connectivity index (χ4v) is 2.94. The van der Waals surface area contributed by atoms with Crippen molar-refractivity contribution in [1.82, 2.24) is 9.55 Å². The monoisotopic (exact) mass is 235 g/mol. The number of hydrogen-bond donors (Lipinski definition) is 1. The van der Waals surface area contributed by atoms with Gasteiger partial charge in [0.05, 0.1) is 0 Å². The number of nitrogens with zero attached hydrogens (tertiary/aromatic N) is 2. The van der Waals surface area contributed by atoms with E-state index in [1.807, 2.05) is 19.4 Å². The lowest BCUT2D eigenvalue weighted by atomic mass is 9.72. The smallest absolute Gasteiger partial charge is 0.110 e. The molecule has 0 atom stereocenters. The van der Waals surface area contributed by atoms with Crippen LogP contribution in [-0.4, -0.2) is 15.1 Å². The molecule has 2 N–H and O–H groups in total. The molecule has 3 nitrogen and oxygen atoms in total. The predicted molar refractivity (Wildman–Crippen MR) is 70.6 cm³/mol. The van der Waals surface area contributed by atoms with E-state index in [1.54, 1.807) is 0 Å². The summed E-state index contributed by atoms with van der Waals surface area (Å²) in [5, 5.41) is 0. The molecule has 1 aromatic rings. The van der Waals surface area contributed by atoms with E-state index in [1.165, 1.54) is 12.8 Å². The molecule has 1 heterocycles. The fraction of sp³-hybridized carbons (Fsp3) is 0.786. The van der Waals surface area contributed by atoms with Crippen molar-refractivity contribution in [2.75, 3.05) is 0 Å². The predicted octanol–water partition coefficient (Wildman–Crippen LogP) is 2.51. The van der Waals surface area contributed by atoms with Crippen LogP contribution in [0.4, 0.5) is 0 Å². The van der Waals surface area contributed by atoms with Gasteiger partial charge in [0.25, 0.3) is 0 Å². The summed E-state index contributed by atoms with van der Waals surface area (Å²) >= 11 is 0. The number of imidazole rings is 1. The van der Waals surface area contributed by atoms with Crippen molar-refractivity contribution >= 4 is 0 Å². The summed E-state index contributed by atoms with van der Waals surface area (Å²) in [5.41, 5.74) is 6.50. The third kappa shape index (κ3) is 2.89. The van der Waals surface area contributed by atoms with Crippen LogP contribution in [0.5, 0.6) is 0 Å². The van der Waals surface area contributed by atoms with Crippen LogP contribution in [0.1, 0.15) is 45.4 Å². The van der Waals surface area contributed by atoms with Gasteiger partial charge in [0.15, 0.2) is 0 Å². The van der Waals surface area contributed by atoms with Gasteiger partial charge in [0.2, 0.25) is 0 Å². The Morgan fingerprint density at radius 2 is 2.12 bits per heavy atom. The quantitative estimate of drug-likeness (QED) is 0.875. The van der Waals surface area contributed by atoms with E-state index >= 15 is 0 Å². The van der Waals surface area contributed by atoms with Crippen LogP contribution in [0.2, 0.25) is 0 Å². The molecule has 1 saturated carbocycles. The molecule has 0 radical (unpaired) electrons. The van der Waals surface area contributed by atoms with Crippen LogP contribution in [0.25, 0.3) is 0 Å². The first-order valence-electron chi connectivity index (χ1n) is 6.75. The van der Waals surface area contributed by atoms with Crippen molar-refractivity contribution in [3.8, 4) is 0 Å². The van der Waals surface area contributed by atoms with E-state index in [4.69, 9.17) is 5.73 Å². The first-order valence-corrected chi connectivity index (χ1v) is 6.75. The largest absolute Gasteiger partial charge is 0.338 e. The first kappa shape index (κ1) is 12.6. The zero-order valence-electron chi connectivity index (χ0n) is 11.3. The summed E-state index contributed by atoms with van der Waals surface area (Å²) in [4.78, 5) is 4.39. The van der Waals surface area contributed by atoms with E-state index in [-0.39, 0.29) is 5.54 Å². The molecule has 0 amide bonds. The number of hydrogen-bond acceptors (Lipinski definition) is 2. The molecule has 0 unspecified atom stereocenters. The third-order valence-corrected chi connectivity index (χ3v) is 4.40. The van der Waals surface area contributed by atoms with E-state index in [0.717, 1.165) is 36.9 Å². The second-order valence-electron chi connectivity index (χ2n) is 6.07. The molecule has 2 rings (SSSR count). The Bertz CT molecular complexity index is 359. The van der Waals surface area contributed by atoms with Gasteiger partial charge < -0.3 is 10.3 Å². The standard InChI is InChI=1S/C14H25N3/c1-11(2)12-4-6-14(15,7-5-12)10-13-16-8-9-17(13)3/h8-9,11-12H,4-7,10,15H2,1-3H3. The van der Waals surface area contributed by atoms with E-state index < -0.39 is 0 Å². The topological polar surface area (TPSA) is 43.8 Å². The molecule has 0 spiro atoms. The minimum Gasteiger partial charge on any atom is -0.338 e. The molecule has 1 fully saturated rings. The van der Waals surface area contributed by atoms with E-state index in [0.29, 0.717) is 0 Å². The number of aromatic nitrogens is 2. The molecular weight excluding hydrogens is 210 g/mol. The van der Waals surface area contributed by atoms with Crippen molar-refractivity contribution in [3.05, 3.63) is 18.2 Å². The minimum atomic E-state index is -0.0233. The highest BCUT2D eigenvalue weighted by Crippen LogP contribution is 2.35. The second-order valence-corrected chi connectivity index (χ2v) is 6.07. The third-order valence-electron chi connectivity index (χ3n) is 4.40. The van der Waals surface area contributed by atoms with Crippen molar-refractivity contribution < 1.29 is 0 Å². The van der Waals surface area contributed by atoms with Gasteiger partial charge in [-0.1, -0.05) is 13.8 Å². The SMILES string of the molecule is CC(C)C1CCC(N)(Cc2nccn2C)CC1. The lowest BCUT2D eigenvalue weighted by molar-refractivity contribution is 0.192. The van der Waals surface area contributed by atoms with Crippen LogP contribution in [0, 0.1) is 11.8 Å². The summed E-state index contributed by atoms with van der Waals surface area (Å²) in [7, 11) is 2.05. The Kier molecular flexibility index (Phi) is 3.57. The number of rotatable bonds is 3. The molecule has 96 valence electrons. The van der Waals surface area contributed by atoms with Crippen LogP contribution < -0.4 is 5.73 Å². The lowest BCUT2D eigenvalue weighted by Gasteiger charge is -2.38. The first-order chi connectivity index (χ1) is 8.00. The van der Waals surface area contributed by atoms with E-state index in [9.17, 15) is 0 Å². The molecule has 1 aromatic heterocycles. The van der Waals surface area contributed by atoms with Crippen molar-refractivity contribution in [1.29, 1.82) is 0 Å². The Balaban J connectivity index is 1.96. The van der Waals surface area contributed by atoms with Crippen LogP contribution >= 0.6 is 0 Å². The van der Waals surface area contributed by atoms with Gasteiger partial charge >= 0.3 is 0 Å². The summed E-state index contributed by atoms with van der Waals surface area (Å²) in [6.07, 6.45) is 9.61.